The van der Waals surface area contributed by atoms with Crippen LogP contribution in [0.1, 0.15) is 47.6 Å². The maximum atomic E-state index is 4.96. The molecule has 57 heavy (non-hydrogen) atoms. The second-order valence-corrected chi connectivity index (χ2v) is 14.7. The summed E-state index contributed by atoms with van der Waals surface area (Å²) in [6, 6.07) is 72.9. The number of aromatic nitrogens is 4. The van der Waals surface area contributed by atoms with Crippen LogP contribution in [-0.4, -0.2) is 18.7 Å². The Hall–Kier alpha value is -6.35. The average Bonchev–Trinajstić information content (AvgIpc) is 3.82. The molecule has 0 bridgehead atoms. The minimum atomic E-state index is -0.778. The minimum absolute atomic E-state index is 0. The molecule has 0 aliphatic heterocycles. The Morgan fingerprint density at radius 3 is 1.82 bits per heavy atom. The molecular weight excluding hydrogens is 876 g/mol. The molecule has 10 rings (SSSR count). The third-order valence-corrected chi connectivity index (χ3v) is 11.2. The first kappa shape index (κ1) is 36.3. The Balaban J connectivity index is 0.00000422. The van der Waals surface area contributed by atoms with Gasteiger partial charge in [-0.15, -0.1) is 28.6 Å². The van der Waals surface area contributed by atoms with E-state index in [1.165, 1.54) is 10.9 Å². The molecule has 0 radical (unpaired) electrons. The van der Waals surface area contributed by atoms with Crippen molar-refractivity contribution < 1.29 is 21.1 Å². The van der Waals surface area contributed by atoms with E-state index in [0.29, 0.717) is 5.92 Å². The second-order valence-electron chi connectivity index (χ2n) is 14.7. The van der Waals surface area contributed by atoms with Gasteiger partial charge in [-0.3, -0.25) is 0 Å². The van der Waals surface area contributed by atoms with Crippen molar-refractivity contribution in [2.75, 3.05) is 0 Å². The van der Waals surface area contributed by atoms with E-state index >= 15 is 0 Å². The number of nitrogens with zero attached hydrogens (tertiary/aromatic N) is 4. The second kappa shape index (κ2) is 15.0. The van der Waals surface area contributed by atoms with Crippen LogP contribution < -0.4 is 0 Å². The number of imidazole rings is 1. The van der Waals surface area contributed by atoms with Gasteiger partial charge in [0, 0.05) is 56.0 Å². The van der Waals surface area contributed by atoms with Crippen LogP contribution in [0.2, 0.25) is 0 Å². The van der Waals surface area contributed by atoms with Gasteiger partial charge in [0.15, 0.2) is 17.4 Å². The van der Waals surface area contributed by atoms with Crippen molar-refractivity contribution in [2.24, 2.45) is 0 Å². The van der Waals surface area contributed by atoms with Crippen LogP contribution in [0.3, 0.4) is 0 Å². The molecule has 3 aromatic heterocycles. The van der Waals surface area contributed by atoms with Crippen molar-refractivity contribution in [3.05, 3.63) is 234 Å². The molecule has 0 N–H and O–H groups in total. The van der Waals surface area contributed by atoms with Crippen LogP contribution in [0.15, 0.2) is 195 Å². The number of hydrogen-bond acceptors (Lipinski definition) is 1. The van der Waals surface area contributed by atoms with Gasteiger partial charge < -0.3 is 4.57 Å². The maximum absolute atomic E-state index is 4.96. The molecule has 0 spiro atoms. The van der Waals surface area contributed by atoms with E-state index in [2.05, 4.69) is 228 Å². The Kier molecular flexibility index (Phi) is 9.52. The van der Waals surface area contributed by atoms with Crippen molar-refractivity contribution in [3.8, 4) is 17.2 Å². The average molecular weight is 915 g/mol. The summed E-state index contributed by atoms with van der Waals surface area (Å²) in [6.45, 7) is 4.46. The molecule has 278 valence electrons. The van der Waals surface area contributed by atoms with Gasteiger partial charge in [-0.1, -0.05) is 129 Å². The van der Waals surface area contributed by atoms with E-state index in [-0.39, 0.29) is 21.1 Å². The third-order valence-electron chi connectivity index (χ3n) is 11.2. The minimum Gasteiger partial charge on any atom is -0.319 e. The summed E-state index contributed by atoms with van der Waals surface area (Å²) in [5.41, 5.74) is 11.2. The molecule has 3 heterocycles. The van der Waals surface area contributed by atoms with Crippen molar-refractivity contribution >= 4 is 32.8 Å². The van der Waals surface area contributed by atoms with Gasteiger partial charge in [0.2, 0.25) is 0 Å². The molecule has 5 heteroatoms. The van der Waals surface area contributed by atoms with Crippen LogP contribution in [0.4, 0.5) is 0 Å². The first-order chi connectivity index (χ1) is 27.6. The molecule has 0 unspecified atom stereocenters. The van der Waals surface area contributed by atoms with Crippen LogP contribution in [0.5, 0.6) is 0 Å². The molecule has 0 aliphatic rings. The molecule has 0 aliphatic carbocycles. The van der Waals surface area contributed by atoms with Crippen molar-refractivity contribution in [1.29, 1.82) is 0 Å². The normalized spacial score (nSPS) is 11.7. The molecule has 0 atom stereocenters. The first-order valence-corrected chi connectivity index (χ1v) is 19.2. The van der Waals surface area contributed by atoms with E-state index in [4.69, 9.17) is 4.98 Å². The maximum Gasteiger partial charge on any atom is 0.168 e. The largest absolute Gasteiger partial charge is 0.319 e. The molecular formula is C52H39N4Pt-. The number of pyridine rings is 1. The van der Waals surface area contributed by atoms with E-state index in [1.807, 2.05) is 6.20 Å². The number of para-hydroxylation sites is 4. The smallest absolute Gasteiger partial charge is 0.168 e. The zero-order chi connectivity index (χ0) is 37.6. The summed E-state index contributed by atoms with van der Waals surface area (Å²) in [7, 11) is 0. The van der Waals surface area contributed by atoms with Gasteiger partial charge in [0.25, 0.3) is 0 Å². The summed E-state index contributed by atoms with van der Waals surface area (Å²) < 4.78 is 6.79. The SMILES string of the molecule is CC(C)c1ccnc(-n2c3[c-]c(C(c4[c-]c(-n5[cH+]n(-c6ccccc6)c6ccccc65)ccc4)(c4ccccc4)c4ccccc4)ccc3c3ccccc32)c1.[Pt]. The quantitative estimate of drug-likeness (QED) is 0.110. The molecule has 0 amide bonds. The topological polar surface area (TPSA) is 27.7 Å². The Labute approximate surface area is 347 Å². The number of fused-ring (bicyclic) bond motifs is 4. The molecule has 0 fully saturated rings. The number of rotatable bonds is 8. The van der Waals surface area contributed by atoms with Crippen LogP contribution in [-0.2, 0) is 26.5 Å². The predicted molar refractivity (Wildman–Crippen MR) is 229 cm³/mol. The summed E-state index contributed by atoms with van der Waals surface area (Å²) in [6.07, 6.45) is 4.11. The standard InChI is InChI=1S/C52H39N4.Pt/c1-37(2)38-31-32-53-51(33-38)56-47-26-13-12-25-45(47)46-30-29-42(35-50(46)56)52(39-17-6-3-7-18-39,40-19-8-4-9-20-40)41-21-16-24-44(34-41)55-36-54(43-22-10-5-11-23-43)48-27-14-15-28-49(48)55;/h3-33,36-37H,1-2H3;/q-1;. The van der Waals surface area contributed by atoms with Crippen molar-refractivity contribution in [3.63, 3.8) is 0 Å². The van der Waals surface area contributed by atoms with Crippen molar-refractivity contribution in [1.82, 2.24) is 18.7 Å². The van der Waals surface area contributed by atoms with Crippen LogP contribution in [0.25, 0.3) is 50.0 Å². The van der Waals surface area contributed by atoms with Crippen LogP contribution >= 0.6 is 0 Å². The predicted octanol–water partition coefficient (Wildman–Crippen LogP) is 12.3. The summed E-state index contributed by atoms with van der Waals surface area (Å²) in [4.78, 5) is 4.96. The van der Waals surface area contributed by atoms with Gasteiger partial charge in [0.05, 0.1) is 0 Å². The van der Waals surface area contributed by atoms with Crippen molar-refractivity contribution in [2.45, 2.75) is 25.2 Å². The Morgan fingerprint density at radius 1 is 0.544 bits per heavy atom. The zero-order valence-corrected chi connectivity index (χ0v) is 33.9. The zero-order valence-electron chi connectivity index (χ0n) is 31.7. The molecule has 0 saturated carbocycles. The van der Waals surface area contributed by atoms with Gasteiger partial charge in [-0.25, -0.2) is 9.55 Å². The fourth-order valence-electron chi connectivity index (χ4n) is 8.49. The molecule has 4 nitrogen and oxygen atoms in total. The van der Waals surface area contributed by atoms with Gasteiger partial charge >= 0.3 is 0 Å². The van der Waals surface area contributed by atoms with E-state index < -0.39 is 5.41 Å². The fourth-order valence-corrected chi connectivity index (χ4v) is 8.49. The fraction of sp³-hybridized carbons (Fsp3) is 0.0769. The monoisotopic (exact) mass is 914 g/mol. The Morgan fingerprint density at radius 2 is 1.14 bits per heavy atom. The summed E-state index contributed by atoms with van der Waals surface area (Å²) in [5.74, 6) is 1.26. The van der Waals surface area contributed by atoms with Gasteiger partial charge in [-0.05, 0) is 58.3 Å². The first-order valence-electron chi connectivity index (χ1n) is 19.2. The van der Waals surface area contributed by atoms with Gasteiger partial charge in [-0.2, -0.15) is 34.9 Å². The van der Waals surface area contributed by atoms with E-state index in [1.54, 1.807) is 0 Å². The molecule has 0 saturated heterocycles. The summed E-state index contributed by atoms with van der Waals surface area (Å²) >= 11 is 0. The van der Waals surface area contributed by atoms with Gasteiger partial charge in [0.1, 0.15) is 11.5 Å². The molecule has 7 aromatic carbocycles. The number of benzene rings is 7. The summed E-state index contributed by atoms with van der Waals surface area (Å²) in [5, 5.41) is 2.31. The number of hydrogen-bond donors (Lipinski definition) is 0. The third kappa shape index (κ3) is 6.04. The van der Waals surface area contributed by atoms with E-state index in [9.17, 15) is 0 Å². The van der Waals surface area contributed by atoms with Crippen LogP contribution in [0, 0.1) is 12.1 Å². The Bertz CT molecular complexity index is 2960. The molecule has 10 aromatic rings. The van der Waals surface area contributed by atoms with E-state index in [0.717, 1.165) is 66.9 Å².